The molecule has 0 aliphatic rings. The number of aromatic hydroxyl groups is 1. The lowest BCUT2D eigenvalue weighted by Gasteiger charge is -2.08. The SMILES string of the molecule is CC(C)CC(=O)NCc1cc(=O)c(O)c(C(=O)c2ccc(Cc3ccc(F)cc3)o2)o1. The molecule has 0 bridgehead atoms. The van der Waals surface area contributed by atoms with E-state index in [1.807, 2.05) is 13.8 Å². The number of carbonyl (C=O) groups is 2. The number of hydrogen-bond acceptors (Lipinski definition) is 6. The van der Waals surface area contributed by atoms with Crippen molar-refractivity contribution in [2.45, 2.75) is 33.2 Å². The molecule has 8 heteroatoms. The van der Waals surface area contributed by atoms with E-state index in [0.29, 0.717) is 18.6 Å². The van der Waals surface area contributed by atoms with Crippen LogP contribution in [0.5, 0.6) is 5.75 Å². The van der Waals surface area contributed by atoms with E-state index in [-0.39, 0.29) is 35.7 Å². The van der Waals surface area contributed by atoms with Gasteiger partial charge in [-0.05, 0) is 35.7 Å². The zero-order valence-electron chi connectivity index (χ0n) is 17.1. The van der Waals surface area contributed by atoms with Crippen LogP contribution < -0.4 is 10.7 Å². The van der Waals surface area contributed by atoms with Crippen LogP contribution in [0.2, 0.25) is 0 Å². The molecule has 1 amide bonds. The van der Waals surface area contributed by atoms with Gasteiger partial charge < -0.3 is 19.3 Å². The molecule has 7 nitrogen and oxygen atoms in total. The summed E-state index contributed by atoms with van der Waals surface area (Å²) in [6, 6.07) is 9.83. The molecule has 1 aromatic carbocycles. The molecule has 0 saturated heterocycles. The van der Waals surface area contributed by atoms with Crippen molar-refractivity contribution in [2.75, 3.05) is 0 Å². The van der Waals surface area contributed by atoms with Gasteiger partial charge in [0.15, 0.2) is 5.76 Å². The zero-order valence-corrected chi connectivity index (χ0v) is 17.1. The molecule has 0 unspecified atom stereocenters. The van der Waals surface area contributed by atoms with Gasteiger partial charge in [-0.3, -0.25) is 14.4 Å². The van der Waals surface area contributed by atoms with Gasteiger partial charge in [-0.25, -0.2) is 4.39 Å². The molecule has 3 aromatic rings. The first kappa shape index (κ1) is 22.0. The number of carbonyl (C=O) groups excluding carboxylic acids is 2. The molecule has 31 heavy (non-hydrogen) atoms. The topological polar surface area (TPSA) is 110 Å². The molecule has 2 N–H and O–H groups in total. The van der Waals surface area contributed by atoms with E-state index in [4.69, 9.17) is 8.83 Å². The minimum Gasteiger partial charge on any atom is -0.501 e. The monoisotopic (exact) mass is 427 g/mol. The van der Waals surface area contributed by atoms with Crippen molar-refractivity contribution in [3.63, 3.8) is 0 Å². The lowest BCUT2D eigenvalue weighted by atomic mass is 10.1. The van der Waals surface area contributed by atoms with E-state index >= 15 is 0 Å². The fourth-order valence-electron chi connectivity index (χ4n) is 2.92. The van der Waals surface area contributed by atoms with Crippen LogP contribution in [-0.4, -0.2) is 16.8 Å². The molecule has 0 fully saturated rings. The highest BCUT2D eigenvalue weighted by Crippen LogP contribution is 2.21. The quantitative estimate of drug-likeness (QED) is 0.532. The molecular formula is C23H22FNO6. The number of rotatable bonds is 8. The van der Waals surface area contributed by atoms with Crippen LogP contribution in [0.25, 0.3) is 0 Å². The maximum absolute atomic E-state index is 13.0. The minimum absolute atomic E-state index is 0.0290. The number of nitrogens with one attached hydrogen (secondary N) is 1. The smallest absolute Gasteiger partial charge is 0.267 e. The highest BCUT2D eigenvalue weighted by molar-refractivity contribution is 6.06. The maximum atomic E-state index is 13.0. The molecule has 0 spiro atoms. The zero-order chi connectivity index (χ0) is 22.5. The minimum atomic E-state index is -0.834. The molecule has 0 aliphatic heterocycles. The average molecular weight is 427 g/mol. The Bertz CT molecular complexity index is 1140. The molecule has 2 heterocycles. The Kier molecular flexibility index (Phi) is 6.69. The fraction of sp³-hybridized carbons (Fsp3) is 0.261. The molecule has 2 aromatic heterocycles. The van der Waals surface area contributed by atoms with Crippen LogP contribution in [0.15, 0.2) is 56.1 Å². The lowest BCUT2D eigenvalue weighted by Crippen LogP contribution is -2.24. The predicted molar refractivity (Wildman–Crippen MR) is 109 cm³/mol. The van der Waals surface area contributed by atoms with Gasteiger partial charge >= 0.3 is 0 Å². The Balaban J connectivity index is 1.77. The van der Waals surface area contributed by atoms with E-state index in [1.165, 1.54) is 18.2 Å². The fourth-order valence-corrected chi connectivity index (χ4v) is 2.92. The van der Waals surface area contributed by atoms with Crippen LogP contribution in [0.1, 0.15) is 53.7 Å². The number of ketones is 1. The van der Waals surface area contributed by atoms with Crippen molar-refractivity contribution in [3.8, 4) is 5.75 Å². The normalized spacial score (nSPS) is 11.0. The van der Waals surface area contributed by atoms with E-state index in [0.717, 1.165) is 11.6 Å². The maximum Gasteiger partial charge on any atom is 0.267 e. The molecule has 0 aliphatic carbocycles. The molecule has 0 radical (unpaired) electrons. The first-order valence-electron chi connectivity index (χ1n) is 9.73. The Morgan fingerprint density at radius 1 is 1.06 bits per heavy atom. The van der Waals surface area contributed by atoms with Crippen molar-refractivity contribution >= 4 is 11.7 Å². The van der Waals surface area contributed by atoms with Gasteiger partial charge in [0, 0.05) is 18.9 Å². The van der Waals surface area contributed by atoms with Crippen LogP contribution in [0.4, 0.5) is 4.39 Å². The van der Waals surface area contributed by atoms with Crippen molar-refractivity contribution in [3.05, 3.63) is 87.1 Å². The third-order valence-corrected chi connectivity index (χ3v) is 4.41. The number of furan rings is 1. The summed E-state index contributed by atoms with van der Waals surface area (Å²) in [5, 5.41) is 12.6. The van der Waals surface area contributed by atoms with Crippen molar-refractivity contribution in [1.29, 1.82) is 0 Å². The largest absolute Gasteiger partial charge is 0.501 e. The first-order chi connectivity index (χ1) is 14.7. The van der Waals surface area contributed by atoms with E-state index in [2.05, 4.69) is 5.32 Å². The standard InChI is InChI=1S/C23H22FNO6/c1-13(2)9-20(27)25-12-17-11-18(26)21(28)23(31-17)22(29)19-8-7-16(30-19)10-14-3-5-15(24)6-4-14/h3-8,11,13,28H,9-10,12H2,1-2H3,(H,25,27). The summed E-state index contributed by atoms with van der Waals surface area (Å²) in [5.41, 5.74) is -0.0240. The highest BCUT2D eigenvalue weighted by atomic mass is 19.1. The summed E-state index contributed by atoms with van der Waals surface area (Å²) >= 11 is 0. The lowest BCUT2D eigenvalue weighted by molar-refractivity contribution is -0.122. The molecule has 0 atom stereocenters. The van der Waals surface area contributed by atoms with Crippen molar-refractivity contribution < 1.29 is 27.9 Å². The average Bonchev–Trinajstić information content (AvgIpc) is 3.18. The molecular weight excluding hydrogens is 405 g/mol. The van der Waals surface area contributed by atoms with Crippen molar-refractivity contribution in [1.82, 2.24) is 5.32 Å². The van der Waals surface area contributed by atoms with Crippen LogP contribution >= 0.6 is 0 Å². The van der Waals surface area contributed by atoms with Gasteiger partial charge in [-0.1, -0.05) is 26.0 Å². The molecule has 162 valence electrons. The Labute approximate surface area is 177 Å². The van der Waals surface area contributed by atoms with Crippen molar-refractivity contribution in [2.24, 2.45) is 5.92 Å². The third-order valence-electron chi connectivity index (χ3n) is 4.41. The summed E-state index contributed by atoms with van der Waals surface area (Å²) in [4.78, 5) is 36.6. The highest BCUT2D eigenvalue weighted by Gasteiger charge is 2.23. The number of hydrogen-bond donors (Lipinski definition) is 2. The van der Waals surface area contributed by atoms with Gasteiger partial charge in [0.2, 0.25) is 22.8 Å². The summed E-state index contributed by atoms with van der Waals surface area (Å²) in [5.74, 6) is -2.30. The second-order valence-corrected chi connectivity index (χ2v) is 7.53. The second kappa shape index (κ2) is 9.42. The molecule has 0 saturated carbocycles. The predicted octanol–water partition coefficient (Wildman–Crippen LogP) is 3.56. The number of halogens is 1. The van der Waals surface area contributed by atoms with Gasteiger partial charge in [-0.2, -0.15) is 0 Å². The second-order valence-electron chi connectivity index (χ2n) is 7.53. The summed E-state index contributed by atoms with van der Waals surface area (Å²) in [7, 11) is 0. The van der Waals surface area contributed by atoms with Crippen LogP contribution in [-0.2, 0) is 17.8 Å². The van der Waals surface area contributed by atoms with Gasteiger partial charge in [0.25, 0.3) is 5.78 Å². The summed E-state index contributed by atoms with van der Waals surface area (Å²) in [6.07, 6.45) is 0.628. The van der Waals surface area contributed by atoms with Crippen LogP contribution in [0, 0.1) is 11.7 Å². The van der Waals surface area contributed by atoms with Crippen LogP contribution in [0.3, 0.4) is 0 Å². The van der Waals surface area contributed by atoms with Gasteiger partial charge in [0.05, 0.1) is 6.54 Å². The van der Waals surface area contributed by atoms with E-state index in [9.17, 15) is 23.9 Å². The van der Waals surface area contributed by atoms with E-state index in [1.54, 1.807) is 18.2 Å². The Morgan fingerprint density at radius 2 is 1.77 bits per heavy atom. The molecule has 3 rings (SSSR count). The Hall–Kier alpha value is -3.68. The van der Waals surface area contributed by atoms with Gasteiger partial charge in [-0.15, -0.1) is 0 Å². The number of amides is 1. The Morgan fingerprint density at radius 3 is 2.45 bits per heavy atom. The summed E-state index contributed by atoms with van der Waals surface area (Å²) < 4.78 is 23.9. The van der Waals surface area contributed by atoms with E-state index < -0.39 is 22.7 Å². The summed E-state index contributed by atoms with van der Waals surface area (Å²) in [6.45, 7) is 3.69. The van der Waals surface area contributed by atoms with Gasteiger partial charge in [0.1, 0.15) is 17.3 Å². The number of benzene rings is 1. The third kappa shape index (κ3) is 5.69. The first-order valence-corrected chi connectivity index (χ1v) is 9.73.